The molecule has 0 saturated carbocycles. The number of fused-ring (bicyclic) bond motifs is 3. The average Bonchev–Trinajstić information content (AvgIpc) is 3.02. The minimum atomic E-state index is -1.16. The summed E-state index contributed by atoms with van der Waals surface area (Å²) in [5.74, 6) is -1.53. The van der Waals surface area contributed by atoms with Gasteiger partial charge in [0.2, 0.25) is 5.91 Å². The lowest BCUT2D eigenvalue weighted by Gasteiger charge is -2.29. The second-order valence-corrected chi connectivity index (χ2v) is 8.63. The van der Waals surface area contributed by atoms with Crippen LogP contribution in [-0.4, -0.2) is 48.2 Å². The molecule has 164 valence electrons. The number of primary amides is 1. The van der Waals surface area contributed by atoms with Crippen molar-refractivity contribution in [1.29, 1.82) is 0 Å². The number of carbonyl (C=O) groups is 3. The first kappa shape index (κ1) is 22.3. The Morgan fingerprint density at radius 2 is 1.52 bits per heavy atom. The third-order valence-corrected chi connectivity index (χ3v) is 5.16. The van der Waals surface area contributed by atoms with Crippen LogP contribution in [-0.2, 0) is 19.1 Å². The second kappa shape index (κ2) is 8.79. The number of esters is 1. The maximum Gasteiger partial charge on any atom is 0.410 e. The molecule has 0 unspecified atom stereocenters. The Labute approximate surface area is 182 Å². The lowest BCUT2D eigenvalue weighted by Crippen LogP contribution is -2.47. The first-order valence-corrected chi connectivity index (χ1v) is 10.2. The van der Waals surface area contributed by atoms with Gasteiger partial charge in [0.1, 0.15) is 18.2 Å². The van der Waals surface area contributed by atoms with Crippen molar-refractivity contribution in [2.45, 2.75) is 44.8 Å². The first-order chi connectivity index (χ1) is 14.6. The van der Waals surface area contributed by atoms with E-state index in [-0.39, 0.29) is 18.9 Å². The summed E-state index contributed by atoms with van der Waals surface area (Å²) in [6.45, 7) is 5.23. The van der Waals surface area contributed by atoms with E-state index in [1.54, 1.807) is 20.8 Å². The van der Waals surface area contributed by atoms with E-state index in [1.165, 1.54) is 7.05 Å². The van der Waals surface area contributed by atoms with Gasteiger partial charge < -0.3 is 15.2 Å². The van der Waals surface area contributed by atoms with Crippen LogP contribution in [0.2, 0.25) is 0 Å². The lowest BCUT2D eigenvalue weighted by molar-refractivity contribution is -0.161. The molecule has 0 heterocycles. The van der Waals surface area contributed by atoms with Crippen molar-refractivity contribution >= 4 is 18.0 Å². The van der Waals surface area contributed by atoms with Gasteiger partial charge in [0.05, 0.1) is 6.42 Å². The molecule has 0 saturated heterocycles. The van der Waals surface area contributed by atoms with E-state index in [0.717, 1.165) is 27.2 Å². The molecule has 2 N–H and O–H groups in total. The first-order valence-electron chi connectivity index (χ1n) is 10.2. The largest absolute Gasteiger partial charge is 0.458 e. The molecule has 0 radical (unpaired) electrons. The molecular formula is C24H28N2O5. The van der Waals surface area contributed by atoms with Gasteiger partial charge in [0.25, 0.3) is 0 Å². The Hall–Kier alpha value is -3.35. The van der Waals surface area contributed by atoms with Crippen molar-refractivity contribution in [2.24, 2.45) is 5.73 Å². The molecule has 0 fully saturated rings. The minimum Gasteiger partial charge on any atom is -0.458 e. The Morgan fingerprint density at radius 3 is 2.00 bits per heavy atom. The Bertz CT molecular complexity index is 950. The summed E-state index contributed by atoms with van der Waals surface area (Å²) in [7, 11) is 1.40. The van der Waals surface area contributed by atoms with Crippen molar-refractivity contribution in [2.75, 3.05) is 13.7 Å². The Morgan fingerprint density at radius 1 is 1.00 bits per heavy atom. The van der Waals surface area contributed by atoms with Crippen LogP contribution in [0, 0.1) is 0 Å². The highest BCUT2D eigenvalue weighted by atomic mass is 16.6. The molecule has 1 aliphatic rings. The molecule has 31 heavy (non-hydrogen) atoms. The molecule has 3 rings (SSSR count). The smallest absolute Gasteiger partial charge is 0.410 e. The quantitative estimate of drug-likeness (QED) is 0.716. The van der Waals surface area contributed by atoms with Gasteiger partial charge in [-0.3, -0.25) is 9.69 Å². The van der Waals surface area contributed by atoms with Crippen LogP contribution in [0.5, 0.6) is 0 Å². The lowest BCUT2D eigenvalue weighted by atomic mass is 9.98. The van der Waals surface area contributed by atoms with Crippen molar-refractivity contribution < 1.29 is 23.9 Å². The number of benzene rings is 2. The highest BCUT2D eigenvalue weighted by Crippen LogP contribution is 2.44. The number of ether oxygens (including phenoxy) is 2. The zero-order chi connectivity index (χ0) is 22.8. The number of nitrogens with two attached hydrogens (primary N) is 1. The number of hydrogen-bond acceptors (Lipinski definition) is 5. The number of likely N-dealkylation sites (N-methyl/N-ethyl adjacent to an activating group) is 1. The number of rotatable bonds is 6. The van der Waals surface area contributed by atoms with Crippen LogP contribution in [0.25, 0.3) is 11.1 Å². The molecule has 0 spiro atoms. The van der Waals surface area contributed by atoms with Crippen molar-refractivity contribution in [3.63, 3.8) is 0 Å². The van der Waals surface area contributed by atoms with Gasteiger partial charge in [-0.1, -0.05) is 48.5 Å². The molecule has 2 aromatic carbocycles. The molecule has 2 aromatic rings. The maximum atomic E-state index is 12.8. The monoisotopic (exact) mass is 424 g/mol. The molecule has 1 atom stereocenters. The standard InChI is InChI=1S/C24H28N2O5/c1-24(2,3)31-22(28)20(13-21(25)27)26(4)23(29)30-14-19-17-11-7-5-9-15(17)16-10-6-8-12-18(16)19/h5-12,19-20H,13-14H2,1-4H3,(H2,25,27)/t20-/m0/s1. The van der Waals surface area contributed by atoms with Gasteiger partial charge in [0, 0.05) is 13.0 Å². The summed E-state index contributed by atoms with van der Waals surface area (Å²) in [5.41, 5.74) is 8.92. The van der Waals surface area contributed by atoms with Crippen LogP contribution in [0.1, 0.15) is 44.2 Å². The van der Waals surface area contributed by atoms with Crippen LogP contribution >= 0.6 is 0 Å². The number of nitrogens with zero attached hydrogens (tertiary/aromatic N) is 1. The van der Waals surface area contributed by atoms with Crippen LogP contribution in [0.15, 0.2) is 48.5 Å². The van der Waals surface area contributed by atoms with Crippen LogP contribution in [0.4, 0.5) is 4.79 Å². The fourth-order valence-corrected chi connectivity index (χ4v) is 3.76. The number of hydrogen-bond donors (Lipinski definition) is 1. The summed E-state index contributed by atoms with van der Waals surface area (Å²) in [6.07, 6.45) is -1.07. The van der Waals surface area contributed by atoms with Gasteiger partial charge in [-0.25, -0.2) is 9.59 Å². The normalized spacial score (nSPS) is 13.7. The van der Waals surface area contributed by atoms with E-state index < -0.39 is 29.6 Å². The topological polar surface area (TPSA) is 98.9 Å². The summed E-state index contributed by atoms with van der Waals surface area (Å²) in [6, 6.07) is 14.9. The van der Waals surface area contributed by atoms with Crippen molar-refractivity contribution in [3.05, 3.63) is 59.7 Å². The van der Waals surface area contributed by atoms with Gasteiger partial charge in [-0.05, 0) is 43.0 Å². The molecular weight excluding hydrogens is 396 g/mol. The molecule has 7 nitrogen and oxygen atoms in total. The third kappa shape index (κ3) is 5.05. The molecule has 7 heteroatoms. The number of carbonyl (C=O) groups excluding carboxylic acids is 3. The van der Waals surface area contributed by atoms with E-state index in [1.807, 2.05) is 48.5 Å². The van der Waals surface area contributed by atoms with Crippen LogP contribution in [0.3, 0.4) is 0 Å². The Balaban J connectivity index is 1.74. The van der Waals surface area contributed by atoms with E-state index in [4.69, 9.17) is 15.2 Å². The summed E-state index contributed by atoms with van der Waals surface area (Å²) < 4.78 is 10.9. The summed E-state index contributed by atoms with van der Waals surface area (Å²) in [4.78, 5) is 37.9. The molecule has 2 amide bonds. The zero-order valence-electron chi connectivity index (χ0n) is 18.3. The van der Waals surface area contributed by atoms with Gasteiger partial charge >= 0.3 is 12.1 Å². The fourth-order valence-electron chi connectivity index (χ4n) is 3.76. The molecule has 0 bridgehead atoms. The van der Waals surface area contributed by atoms with Crippen molar-refractivity contribution in [3.8, 4) is 11.1 Å². The molecule has 1 aliphatic carbocycles. The van der Waals surface area contributed by atoms with Gasteiger partial charge in [0.15, 0.2) is 0 Å². The van der Waals surface area contributed by atoms with Gasteiger partial charge in [-0.15, -0.1) is 0 Å². The fraction of sp³-hybridized carbons (Fsp3) is 0.375. The average molecular weight is 424 g/mol. The Kier molecular flexibility index (Phi) is 6.34. The predicted molar refractivity (Wildman–Crippen MR) is 116 cm³/mol. The maximum absolute atomic E-state index is 12.8. The SMILES string of the molecule is CN(C(=O)OCC1c2ccccc2-c2ccccc21)[C@@H](CC(N)=O)C(=O)OC(C)(C)C. The van der Waals surface area contributed by atoms with Crippen molar-refractivity contribution in [1.82, 2.24) is 4.90 Å². The third-order valence-electron chi connectivity index (χ3n) is 5.16. The highest BCUT2D eigenvalue weighted by molar-refractivity contribution is 5.87. The molecule has 0 aliphatic heterocycles. The summed E-state index contributed by atoms with van der Waals surface area (Å²) in [5, 5.41) is 0. The van der Waals surface area contributed by atoms with E-state index in [9.17, 15) is 14.4 Å². The van der Waals surface area contributed by atoms with Gasteiger partial charge in [-0.2, -0.15) is 0 Å². The highest BCUT2D eigenvalue weighted by Gasteiger charge is 2.35. The van der Waals surface area contributed by atoms with Crippen LogP contribution < -0.4 is 5.73 Å². The molecule has 0 aromatic heterocycles. The van der Waals surface area contributed by atoms with E-state index in [0.29, 0.717) is 0 Å². The predicted octanol–water partition coefficient (Wildman–Crippen LogP) is 3.45. The van der Waals surface area contributed by atoms with E-state index in [2.05, 4.69) is 0 Å². The second-order valence-electron chi connectivity index (χ2n) is 8.63. The van der Waals surface area contributed by atoms with E-state index >= 15 is 0 Å². The summed E-state index contributed by atoms with van der Waals surface area (Å²) >= 11 is 0. The minimum absolute atomic E-state index is 0.106. The zero-order valence-corrected chi connectivity index (χ0v) is 18.3. The number of amides is 2.